The van der Waals surface area contributed by atoms with Crippen molar-refractivity contribution >= 4 is 38.1 Å². The second-order valence-corrected chi connectivity index (χ2v) is 6.59. The van der Waals surface area contributed by atoms with Crippen LogP contribution >= 0.6 is 11.3 Å². The van der Waals surface area contributed by atoms with E-state index in [1.165, 1.54) is 6.92 Å². The van der Waals surface area contributed by atoms with Gasteiger partial charge in [-0.3, -0.25) is 9.52 Å². The molecule has 112 valence electrons. The van der Waals surface area contributed by atoms with Gasteiger partial charge in [-0.25, -0.2) is 8.78 Å². The van der Waals surface area contributed by atoms with Crippen molar-refractivity contribution in [3.05, 3.63) is 29.8 Å². The van der Waals surface area contributed by atoms with Gasteiger partial charge in [0.1, 0.15) is 17.3 Å². The molecule has 11 heteroatoms. The van der Waals surface area contributed by atoms with Crippen LogP contribution in [0.5, 0.6) is 0 Å². The van der Waals surface area contributed by atoms with Gasteiger partial charge in [-0.1, -0.05) is 17.4 Å². The maximum atomic E-state index is 13.4. The van der Waals surface area contributed by atoms with Crippen LogP contribution in [-0.4, -0.2) is 24.5 Å². The van der Waals surface area contributed by atoms with Crippen LogP contribution in [0.3, 0.4) is 0 Å². The molecule has 0 saturated carbocycles. The first kappa shape index (κ1) is 15.3. The van der Waals surface area contributed by atoms with E-state index in [2.05, 4.69) is 15.5 Å². The molecule has 1 aromatic carbocycles. The summed E-state index contributed by atoms with van der Waals surface area (Å²) in [6, 6.07) is 2.91. The van der Waals surface area contributed by atoms with Crippen molar-refractivity contribution in [1.82, 2.24) is 10.2 Å². The quantitative estimate of drug-likeness (QED) is 0.827. The average molecular weight is 334 g/mol. The second-order valence-electron chi connectivity index (χ2n) is 3.76. The van der Waals surface area contributed by atoms with E-state index in [0.717, 1.165) is 18.2 Å². The van der Waals surface area contributed by atoms with Gasteiger partial charge in [0, 0.05) is 6.92 Å². The number of nitrogens with zero attached hydrogens (tertiary/aromatic N) is 2. The molecule has 0 aliphatic carbocycles. The number of halogens is 2. The lowest BCUT2D eigenvalue weighted by molar-refractivity contribution is -0.114. The fourth-order valence-electron chi connectivity index (χ4n) is 1.29. The molecule has 0 atom stereocenters. The van der Waals surface area contributed by atoms with Gasteiger partial charge in [0.05, 0.1) is 0 Å². The first-order chi connectivity index (χ1) is 9.79. The molecule has 0 aliphatic heterocycles. The Hall–Kier alpha value is -2.14. The molecular formula is C10H8F2N4O3S2. The SMILES string of the molecule is CC(=O)Nc1nnc(S(=O)(=O)Nc2c(F)cccc2F)s1. The molecule has 1 aromatic heterocycles. The van der Waals surface area contributed by atoms with Crippen molar-refractivity contribution in [2.24, 2.45) is 0 Å². The third-order valence-electron chi connectivity index (χ3n) is 2.12. The molecule has 0 fully saturated rings. The monoisotopic (exact) mass is 334 g/mol. The van der Waals surface area contributed by atoms with E-state index in [-0.39, 0.29) is 5.13 Å². The number of hydrogen-bond acceptors (Lipinski definition) is 6. The maximum Gasteiger partial charge on any atom is 0.291 e. The summed E-state index contributed by atoms with van der Waals surface area (Å²) >= 11 is 0.550. The highest BCUT2D eigenvalue weighted by atomic mass is 32.2. The Morgan fingerprint density at radius 2 is 1.86 bits per heavy atom. The summed E-state index contributed by atoms with van der Waals surface area (Å²) in [7, 11) is -4.31. The highest BCUT2D eigenvalue weighted by molar-refractivity contribution is 7.94. The van der Waals surface area contributed by atoms with Crippen LogP contribution in [0.1, 0.15) is 6.92 Å². The number of hydrogen-bond donors (Lipinski definition) is 2. The number of sulfonamides is 1. The molecule has 0 unspecified atom stereocenters. The van der Waals surface area contributed by atoms with Crippen molar-refractivity contribution in [3.63, 3.8) is 0 Å². The third-order valence-corrected chi connectivity index (χ3v) is 4.67. The Balaban J connectivity index is 2.30. The number of nitrogens with one attached hydrogen (secondary N) is 2. The van der Waals surface area contributed by atoms with Crippen LogP contribution in [-0.2, 0) is 14.8 Å². The topological polar surface area (TPSA) is 101 Å². The lowest BCUT2D eigenvalue weighted by atomic mass is 10.3. The number of anilines is 2. The van der Waals surface area contributed by atoms with Gasteiger partial charge < -0.3 is 5.32 Å². The summed E-state index contributed by atoms with van der Waals surface area (Å²) in [5, 5.41) is 9.00. The molecule has 2 rings (SSSR count). The maximum absolute atomic E-state index is 13.4. The number of carbonyl (C=O) groups is 1. The van der Waals surface area contributed by atoms with Crippen molar-refractivity contribution in [1.29, 1.82) is 0 Å². The predicted molar refractivity (Wildman–Crippen MR) is 71.4 cm³/mol. The standard InChI is InChI=1S/C10H8F2N4O3S2/c1-5(17)13-9-14-15-10(20-9)21(18,19)16-8-6(11)3-2-4-7(8)12/h2-4,16H,1H3,(H,13,14,17). The zero-order chi connectivity index (χ0) is 15.6. The minimum Gasteiger partial charge on any atom is -0.301 e. The Bertz CT molecular complexity index is 771. The van der Waals surface area contributed by atoms with Crippen LogP contribution in [0.2, 0.25) is 0 Å². The van der Waals surface area contributed by atoms with E-state index in [9.17, 15) is 22.0 Å². The summed E-state index contributed by atoms with van der Waals surface area (Å²) in [6.45, 7) is 1.21. The number of rotatable bonds is 4. The van der Waals surface area contributed by atoms with Crippen LogP contribution in [0.15, 0.2) is 22.5 Å². The number of amides is 1. The second kappa shape index (κ2) is 5.69. The van der Waals surface area contributed by atoms with E-state index in [1.807, 2.05) is 0 Å². The molecule has 0 radical (unpaired) electrons. The third kappa shape index (κ3) is 3.49. The van der Waals surface area contributed by atoms with E-state index in [4.69, 9.17) is 0 Å². The van der Waals surface area contributed by atoms with Crippen LogP contribution < -0.4 is 10.0 Å². The predicted octanol–water partition coefficient (Wildman–Crippen LogP) is 1.58. The van der Waals surface area contributed by atoms with Crippen LogP contribution in [0.4, 0.5) is 19.6 Å². The van der Waals surface area contributed by atoms with Crippen molar-refractivity contribution in [3.8, 4) is 0 Å². The Labute approximate surface area is 122 Å². The normalized spacial score (nSPS) is 11.2. The Morgan fingerprint density at radius 1 is 1.24 bits per heavy atom. The summed E-state index contributed by atoms with van der Waals surface area (Å²) < 4.78 is 52.0. The summed E-state index contributed by atoms with van der Waals surface area (Å²) in [6.07, 6.45) is 0. The number of aromatic nitrogens is 2. The summed E-state index contributed by atoms with van der Waals surface area (Å²) in [5.41, 5.74) is -0.811. The van der Waals surface area contributed by atoms with Crippen molar-refractivity contribution < 1.29 is 22.0 Å². The van der Waals surface area contributed by atoms with Crippen molar-refractivity contribution in [2.75, 3.05) is 10.0 Å². The van der Waals surface area contributed by atoms with Gasteiger partial charge in [-0.2, -0.15) is 8.42 Å². The molecule has 0 bridgehead atoms. The summed E-state index contributed by atoms with van der Waals surface area (Å²) in [4.78, 5) is 10.8. The number of para-hydroxylation sites is 1. The number of carbonyl (C=O) groups excluding carboxylic acids is 1. The summed E-state index contributed by atoms with van der Waals surface area (Å²) in [5.74, 6) is -2.58. The molecule has 2 N–H and O–H groups in total. The average Bonchev–Trinajstić information content (AvgIpc) is 2.82. The van der Waals surface area contributed by atoms with Crippen molar-refractivity contribution in [2.45, 2.75) is 11.3 Å². The van der Waals surface area contributed by atoms with Gasteiger partial charge in [-0.05, 0) is 12.1 Å². The van der Waals surface area contributed by atoms with Crippen LogP contribution in [0, 0.1) is 11.6 Å². The lowest BCUT2D eigenvalue weighted by Crippen LogP contribution is -2.15. The molecular weight excluding hydrogens is 326 g/mol. The molecule has 0 saturated heterocycles. The van der Waals surface area contributed by atoms with Crippen LogP contribution in [0.25, 0.3) is 0 Å². The zero-order valence-electron chi connectivity index (χ0n) is 10.4. The van der Waals surface area contributed by atoms with Gasteiger partial charge in [0.15, 0.2) is 0 Å². The first-order valence-corrected chi connectivity index (χ1v) is 7.67. The fraction of sp³-hybridized carbons (Fsp3) is 0.100. The highest BCUT2D eigenvalue weighted by Crippen LogP contribution is 2.25. The highest BCUT2D eigenvalue weighted by Gasteiger charge is 2.23. The fourth-order valence-corrected chi connectivity index (χ4v) is 3.32. The Kier molecular flexibility index (Phi) is 4.14. The van der Waals surface area contributed by atoms with Gasteiger partial charge in [0.25, 0.3) is 14.4 Å². The van der Waals surface area contributed by atoms with Gasteiger partial charge in [0.2, 0.25) is 11.0 Å². The molecule has 0 aliphatic rings. The zero-order valence-corrected chi connectivity index (χ0v) is 12.1. The molecule has 1 heterocycles. The molecule has 7 nitrogen and oxygen atoms in total. The molecule has 0 spiro atoms. The van der Waals surface area contributed by atoms with E-state index in [1.54, 1.807) is 4.72 Å². The largest absolute Gasteiger partial charge is 0.301 e. The molecule has 1 amide bonds. The van der Waals surface area contributed by atoms with Gasteiger partial charge in [-0.15, -0.1) is 10.2 Å². The van der Waals surface area contributed by atoms with E-state index >= 15 is 0 Å². The number of benzene rings is 1. The van der Waals surface area contributed by atoms with E-state index < -0.39 is 37.6 Å². The van der Waals surface area contributed by atoms with E-state index in [0.29, 0.717) is 11.3 Å². The minimum atomic E-state index is -4.31. The molecule has 21 heavy (non-hydrogen) atoms. The lowest BCUT2D eigenvalue weighted by Gasteiger charge is -2.06. The first-order valence-electron chi connectivity index (χ1n) is 5.37. The molecule has 2 aromatic rings. The Morgan fingerprint density at radius 3 is 2.43 bits per heavy atom. The minimum absolute atomic E-state index is 0.0446. The smallest absolute Gasteiger partial charge is 0.291 e. The van der Waals surface area contributed by atoms with Gasteiger partial charge >= 0.3 is 0 Å².